The van der Waals surface area contributed by atoms with Crippen LogP contribution in [0, 0.1) is 20.8 Å². The van der Waals surface area contributed by atoms with Crippen molar-refractivity contribution in [3.63, 3.8) is 0 Å². The van der Waals surface area contributed by atoms with Crippen LogP contribution in [0.3, 0.4) is 0 Å². The SMILES string of the molecule is CC(C#N)CN(C)C(=O)c1ccc(N)c(I)c1. The highest BCUT2D eigenvalue weighted by molar-refractivity contribution is 14.1. The van der Waals surface area contributed by atoms with Crippen molar-refractivity contribution in [1.82, 2.24) is 4.90 Å². The first-order valence-electron chi connectivity index (χ1n) is 5.15. The molecule has 90 valence electrons. The van der Waals surface area contributed by atoms with Gasteiger partial charge in [-0.2, -0.15) is 5.26 Å². The predicted octanol–water partition coefficient (Wildman–Crippen LogP) is 2.11. The second-order valence-electron chi connectivity index (χ2n) is 3.95. The van der Waals surface area contributed by atoms with Crippen LogP contribution >= 0.6 is 22.6 Å². The molecular formula is C12H14IN3O. The molecule has 0 bridgehead atoms. The van der Waals surface area contributed by atoms with Crippen LogP contribution in [0.2, 0.25) is 0 Å². The average Bonchev–Trinajstić information content (AvgIpc) is 2.31. The highest BCUT2D eigenvalue weighted by Gasteiger charge is 2.14. The fraction of sp³-hybridized carbons (Fsp3) is 0.333. The number of nitrogen functional groups attached to an aromatic ring is 1. The predicted molar refractivity (Wildman–Crippen MR) is 75.3 cm³/mol. The summed E-state index contributed by atoms with van der Waals surface area (Å²) in [5, 5.41) is 8.71. The zero-order valence-corrected chi connectivity index (χ0v) is 11.9. The summed E-state index contributed by atoms with van der Waals surface area (Å²) in [4.78, 5) is 13.6. The average molecular weight is 343 g/mol. The molecule has 0 spiro atoms. The van der Waals surface area contributed by atoms with Crippen molar-refractivity contribution in [3.05, 3.63) is 27.3 Å². The van der Waals surface area contributed by atoms with E-state index in [1.54, 1.807) is 37.1 Å². The number of nitriles is 1. The minimum atomic E-state index is -0.170. The summed E-state index contributed by atoms with van der Waals surface area (Å²) in [5.74, 6) is -0.262. The number of benzene rings is 1. The number of rotatable bonds is 3. The van der Waals surface area contributed by atoms with Crippen molar-refractivity contribution >= 4 is 34.2 Å². The number of hydrogen-bond acceptors (Lipinski definition) is 3. The molecule has 5 heteroatoms. The Morgan fingerprint density at radius 3 is 2.82 bits per heavy atom. The van der Waals surface area contributed by atoms with E-state index < -0.39 is 0 Å². The molecule has 1 rings (SSSR count). The van der Waals surface area contributed by atoms with Gasteiger partial charge in [-0.25, -0.2) is 0 Å². The Kier molecular flexibility index (Phi) is 4.75. The minimum absolute atomic E-state index is 0.0926. The number of halogens is 1. The number of carbonyl (C=O) groups excluding carboxylic acids is 1. The normalized spacial score (nSPS) is 11.6. The van der Waals surface area contributed by atoms with Gasteiger partial charge >= 0.3 is 0 Å². The number of hydrogen-bond donors (Lipinski definition) is 1. The Balaban J connectivity index is 2.82. The Hall–Kier alpha value is -1.29. The van der Waals surface area contributed by atoms with Gasteiger partial charge in [0.05, 0.1) is 12.0 Å². The quantitative estimate of drug-likeness (QED) is 0.675. The molecule has 1 atom stereocenters. The number of anilines is 1. The fourth-order valence-corrected chi connectivity index (χ4v) is 1.93. The van der Waals surface area contributed by atoms with E-state index in [1.165, 1.54) is 0 Å². The summed E-state index contributed by atoms with van der Waals surface area (Å²) in [6.07, 6.45) is 0. The second-order valence-corrected chi connectivity index (χ2v) is 5.11. The maximum Gasteiger partial charge on any atom is 0.253 e. The summed E-state index contributed by atoms with van der Waals surface area (Å²) in [5.41, 5.74) is 6.95. The standard InChI is InChI=1S/C12H14IN3O/c1-8(6-14)7-16(2)12(17)9-3-4-11(15)10(13)5-9/h3-5,8H,7,15H2,1-2H3. The Labute approximate surface area is 115 Å². The summed E-state index contributed by atoms with van der Waals surface area (Å²) < 4.78 is 0.857. The van der Waals surface area contributed by atoms with E-state index in [2.05, 4.69) is 28.7 Å². The molecule has 4 nitrogen and oxygen atoms in total. The molecule has 1 unspecified atom stereocenters. The minimum Gasteiger partial charge on any atom is -0.398 e. The lowest BCUT2D eigenvalue weighted by atomic mass is 10.1. The first kappa shape index (κ1) is 13.8. The smallest absolute Gasteiger partial charge is 0.253 e. The van der Waals surface area contributed by atoms with E-state index in [-0.39, 0.29) is 11.8 Å². The Bertz CT molecular complexity index is 467. The van der Waals surface area contributed by atoms with Gasteiger partial charge in [0.2, 0.25) is 0 Å². The topological polar surface area (TPSA) is 70.1 Å². The Morgan fingerprint density at radius 1 is 1.65 bits per heavy atom. The lowest BCUT2D eigenvalue weighted by molar-refractivity contribution is 0.0785. The third kappa shape index (κ3) is 3.60. The number of nitrogens with zero attached hydrogens (tertiary/aromatic N) is 2. The molecular weight excluding hydrogens is 329 g/mol. The molecule has 2 N–H and O–H groups in total. The lowest BCUT2D eigenvalue weighted by Gasteiger charge is -2.18. The van der Waals surface area contributed by atoms with Crippen LogP contribution in [0.25, 0.3) is 0 Å². The molecule has 17 heavy (non-hydrogen) atoms. The van der Waals surface area contributed by atoms with E-state index >= 15 is 0 Å². The summed E-state index contributed by atoms with van der Waals surface area (Å²) in [6.45, 7) is 2.22. The van der Waals surface area contributed by atoms with Crippen LogP contribution in [-0.2, 0) is 0 Å². The Morgan fingerprint density at radius 2 is 2.29 bits per heavy atom. The van der Waals surface area contributed by atoms with Gasteiger partial charge in [0.1, 0.15) is 0 Å². The van der Waals surface area contributed by atoms with E-state index in [4.69, 9.17) is 11.0 Å². The van der Waals surface area contributed by atoms with Crippen LogP contribution in [-0.4, -0.2) is 24.4 Å². The lowest BCUT2D eigenvalue weighted by Crippen LogP contribution is -2.30. The highest BCUT2D eigenvalue weighted by atomic mass is 127. The first-order valence-corrected chi connectivity index (χ1v) is 6.23. The molecule has 1 aromatic carbocycles. The second kappa shape index (κ2) is 5.87. The van der Waals surface area contributed by atoms with Crippen molar-refractivity contribution in [2.24, 2.45) is 5.92 Å². The summed E-state index contributed by atoms with van der Waals surface area (Å²) in [6, 6.07) is 7.28. The third-order valence-electron chi connectivity index (χ3n) is 2.36. The summed E-state index contributed by atoms with van der Waals surface area (Å²) >= 11 is 2.09. The molecule has 0 aliphatic carbocycles. The third-order valence-corrected chi connectivity index (χ3v) is 3.30. The zero-order chi connectivity index (χ0) is 13.0. The molecule has 1 amide bonds. The van der Waals surface area contributed by atoms with Gasteiger partial charge in [-0.1, -0.05) is 0 Å². The van der Waals surface area contributed by atoms with Crippen molar-refractivity contribution < 1.29 is 4.79 Å². The van der Waals surface area contributed by atoms with Crippen molar-refractivity contribution in [1.29, 1.82) is 5.26 Å². The number of carbonyl (C=O) groups is 1. The van der Waals surface area contributed by atoms with Gasteiger partial charge in [-0.3, -0.25) is 4.79 Å². The molecule has 0 aromatic heterocycles. The van der Waals surface area contributed by atoms with Crippen LogP contribution < -0.4 is 5.73 Å². The largest absolute Gasteiger partial charge is 0.398 e. The van der Waals surface area contributed by atoms with Gasteiger partial charge in [-0.15, -0.1) is 0 Å². The molecule has 1 aromatic rings. The van der Waals surface area contributed by atoms with E-state index in [9.17, 15) is 4.79 Å². The zero-order valence-electron chi connectivity index (χ0n) is 9.77. The van der Waals surface area contributed by atoms with Gasteiger partial charge < -0.3 is 10.6 Å². The van der Waals surface area contributed by atoms with Gasteiger partial charge in [0.25, 0.3) is 5.91 Å². The van der Waals surface area contributed by atoms with Crippen molar-refractivity contribution in [2.45, 2.75) is 6.92 Å². The van der Waals surface area contributed by atoms with E-state index in [0.717, 1.165) is 3.57 Å². The van der Waals surface area contributed by atoms with Crippen LogP contribution in [0.5, 0.6) is 0 Å². The van der Waals surface area contributed by atoms with Crippen LogP contribution in [0.1, 0.15) is 17.3 Å². The fourth-order valence-electron chi connectivity index (χ4n) is 1.42. The van der Waals surface area contributed by atoms with Gasteiger partial charge in [0.15, 0.2) is 0 Å². The molecule has 0 saturated carbocycles. The maximum atomic E-state index is 12.0. The molecule has 0 saturated heterocycles. The molecule has 0 aliphatic rings. The monoisotopic (exact) mass is 343 g/mol. The molecule has 0 aliphatic heterocycles. The highest BCUT2D eigenvalue weighted by Crippen LogP contribution is 2.17. The maximum absolute atomic E-state index is 12.0. The molecule has 0 heterocycles. The first-order chi connectivity index (χ1) is 7.95. The summed E-state index contributed by atoms with van der Waals surface area (Å²) in [7, 11) is 1.69. The van der Waals surface area contributed by atoms with Gasteiger partial charge in [0, 0.05) is 28.4 Å². The van der Waals surface area contributed by atoms with Crippen LogP contribution in [0.4, 0.5) is 5.69 Å². The van der Waals surface area contributed by atoms with E-state index in [0.29, 0.717) is 17.8 Å². The van der Waals surface area contributed by atoms with Crippen LogP contribution in [0.15, 0.2) is 18.2 Å². The van der Waals surface area contributed by atoms with E-state index in [1.807, 2.05) is 0 Å². The molecule has 0 radical (unpaired) electrons. The number of amides is 1. The number of nitrogens with two attached hydrogens (primary N) is 1. The van der Waals surface area contributed by atoms with Crippen molar-refractivity contribution in [2.75, 3.05) is 19.3 Å². The molecule has 0 fully saturated rings. The van der Waals surface area contributed by atoms with Crippen molar-refractivity contribution in [3.8, 4) is 6.07 Å². The van der Waals surface area contributed by atoms with Gasteiger partial charge in [-0.05, 0) is 47.7 Å².